The van der Waals surface area contributed by atoms with Crippen LogP contribution in [0, 0.1) is 0 Å². The van der Waals surface area contributed by atoms with Gasteiger partial charge in [-0.25, -0.2) is 4.68 Å². The topological polar surface area (TPSA) is 69.9 Å². The summed E-state index contributed by atoms with van der Waals surface area (Å²) in [4.78, 5) is 10.9. The van der Waals surface area contributed by atoms with Crippen LogP contribution in [0.2, 0.25) is 5.15 Å². The number of hydrogen-bond donors (Lipinski definition) is 0. The number of alkyl halides is 3. The van der Waals surface area contributed by atoms with Gasteiger partial charge in [0.15, 0.2) is 16.6 Å². The van der Waals surface area contributed by atoms with E-state index >= 15 is 0 Å². The summed E-state index contributed by atoms with van der Waals surface area (Å²) in [6.45, 7) is 1.13. The van der Waals surface area contributed by atoms with Crippen molar-refractivity contribution >= 4 is 17.6 Å². The highest BCUT2D eigenvalue weighted by Gasteiger charge is 2.34. The van der Waals surface area contributed by atoms with Gasteiger partial charge in [0.25, 0.3) is 0 Å². The van der Waals surface area contributed by atoms with E-state index in [0.717, 1.165) is 29.9 Å². The first-order valence-electron chi connectivity index (χ1n) is 5.12. The van der Waals surface area contributed by atoms with Crippen LogP contribution in [-0.4, -0.2) is 25.9 Å². The molecule has 0 amide bonds. The number of hydrogen-bond acceptors (Lipinski definition) is 5. The highest BCUT2D eigenvalue weighted by Crippen LogP contribution is 2.29. The molecule has 0 aliphatic carbocycles. The molecule has 0 aromatic carbocycles. The molecule has 10 heteroatoms. The van der Waals surface area contributed by atoms with E-state index in [4.69, 9.17) is 16.3 Å². The van der Waals surface area contributed by atoms with Crippen LogP contribution >= 0.6 is 11.6 Å². The number of halogens is 4. The minimum Gasteiger partial charge on any atom is -0.422 e. The molecular formula is C10H6ClF3N4O2. The molecule has 0 bridgehead atoms. The maximum Gasteiger partial charge on any atom is 0.435 e. The van der Waals surface area contributed by atoms with E-state index in [1.807, 2.05) is 0 Å². The van der Waals surface area contributed by atoms with Crippen molar-refractivity contribution in [1.82, 2.24) is 20.0 Å². The Morgan fingerprint density at radius 3 is 2.65 bits per heavy atom. The van der Waals surface area contributed by atoms with E-state index in [9.17, 15) is 18.0 Å². The van der Waals surface area contributed by atoms with E-state index in [2.05, 4.69) is 15.3 Å². The van der Waals surface area contributed by atoms with Gasteiger partial charge in [-0.15, -0.1) is 10.2 Å². The minimum atomic E-state index is -4.59. The fraction of sp³-hybridized carbons (Fsp3) is 0.200. The summed E-state index contributed by atoms with van der Waals surface area (Å²) in [6, 6.07) is 1.91. The van der Waals surface area contributed by atoms with Crippen LogP contribution in [0.3, 0.4) is 0 Å². The molecule has 2 heterocycles. The number of ether oxygens (including phenoxy) is 1. The van der Waals surface area contributed by atoms with Crippen LogP contribution in [0.1, 0.15) is 12.6 Å². The molecule has 6 nitrogen and oxygen atoms in total. The number of rotatable bonds is 2. The average Bonchev–Trinajstić information content (AvgIpc) is 2.77. The van der Waals surface area contributed by atoms with Crippen molar-refractivity contribution in [2.24, 2.45) is 0 Å². The van der Waals surface area contributed by atoms with Crippen molar-refractivity contribution in [3.05, 3.63) is 29.2 Å². The molecule has 0 aliphatic heterocycles. The summed E-state index contributed by atoms with van der Waals surface area (Å²) in [5.41, 5.74) is -1.11. The molecule has 0 saturated heterocycles. The zero-order valence-corrected chi connectivity index (χ0v) is 10.6. The highest BCUT2D eigenvalue weighted by atomic mass is 35.5. The Bertz CT molecular complexity index is 656. The van der Waals surface area contributed by atoms with Gasteiger partial charge >= 0.3 is 12.1 Å². The molecule has 2 aromatic heterocycles. The maximum atomic E-state index is 12.5. The number of nitrogens with zero attached hydrogens (tertiary/aromatic N) is 4. The molecule has 0 spiro atoms. The normalized spacial score (nSPS) is 11.4. The maximum absolute atomic E-state index is 12.5. The van der Waals surface area contributed by atoms with Crippen molar-refractivity contribution < 1.29 is 22.7 Å². The van der Waals surface area contributed by atoms with Crippen LogP contribution in [-0.2, 0) is 11.0 Å². The molecule has 0 radical (unpaired) electrons. The fourth-order valence-corrected chi connectivity index (χ4v) is 1.46. The van der Waals surface area contributed by atoms with Crippen molar-refractivity contribution in [3.8, 4) is 11.6 Å². The van der Waals surface area contributed by atoms with E-state index in [0.29, 0.717) is 0 Å². The van der Waals surface area contributed by atoms with Gasteiger partial charge in [0.1, 0.15) is 0 Å². The number of esters is 1. The summed E-state index contributed by atoms with van der Waals surface area (Å²) in [6.07, 6.45) is -3.57. The van der Waals surface area contributed by atoms with E-state index in [1.165, 1.54) is 0 Å². The van der Waals surface area contributed by atoms with Crippen molar-refractivity contribution in [2.75, 3.05) is 0 Å². The van der Waals surface area contributed by atoms with E-state index < -0.39 is 17.8 Å². The Labute approximate surface area is 115 Å². The standard InChI is InChI=1S/C10H6ClF3N4O2/c1-5(19)20-6-4-8(11)15-16-9(6)18-3-2-7(17-18)10(12,13)14/h2-4H,1H3. The monoisotopic (exact) mass is 306 g/mol. The molecule has 2 rings (SSSR count). The Balaban J connectivity index is 2.46. The molecule has 0 aliphatic rings. The lowest BCUT2D eigenvalue weighted by Gasteiger charge is -2.07. The van der Waals surface area contributed by atoms with Crippen LogP contribution in [0.4, 0.5) is 13.2 Å². The first-order valence-corrected chi connectivity index (χ1v) is 5.50. The lowest BCUT2D eigenvalue weighted by atomic mass is 10.4. The molecule has 2 aromatic rings. The number of aromatic nitrogens is 4. The smallest absolute Gasteiger partial charge is 0.422 e. The van der Waals surface area contributed by atoms with Crippen molar-refractivity contribution in [2.45, 2.75) is 13.1 Å². The first-order chi connectivity index (χ1) is 9.27. The first kappa shape index (κ1) is 14.3. The van der Waals surface area contributed by atoms with E-state index in [1.54, 1.807) is 0 Å². The summed E-state index contributed by atoms with van der Waals surface area (Å²) in [7, 11) is 0. The van der Waals surface area contributed by atoms with Crippen molar-refractivity contribution in [1.29, 1.82) is 0 Å². The third kappa shape index (κ3) is 3.05. The molecule has 0 unspecified atom stereocenters. The third-order valence-electron chi connectivity index (χ3n) is 2.06. The SMILES string of the molecule is CC(=O)Oc1cc(Cl)nnc1-n1ccc(C(F)(F)F)n1. The van der Waals surface area contributed by atoms with Gasteiger partial charge in [0, 0.05) is 19.2 Å². The summed E-state index contributed by atoms with van der Waals surface area (Å²) in [5.74, 6) is -1.01. The summed E-state index contributed by atoms with van der Waals surface area (Å²) >= 11 is 5.59. The second kappa shape index (κ2) is 5.08. The minimum absolute atomic E-state index is 0.0757. The largest absolute Gasteiger partial charge is 0.435 e. The Hall–Kier alpha value is -2.16. The van der Waals surface area contributed by atoms with Gasteiger partial charge in [-0.2, -0.15) is 18.3 Å². The molecule has 106 valence electrons. The van der Waals surface area contributed by atoms with Gasteiger partial charge < -0.3 is 4.74 Å². The zero-order valence-electron chi connectivity index (χ0n) is 9.85. The van der Waals surface area contributed by atoms with Crippen LogP contribution < -0.4 is 4.74 Å². The molecular weight excluding hydrogens is 301 g/mol. The van der Waals surface area contributed by atoms with Gasteiger partial charge in [-0.05, 0) is 6.07 Å². The van der Waals surface area contributed by atoms with Crippen LogP contribution in [0.5, 0.6) is 5.75 Å². The van der Waals surface area contributed by atoms with Gasteiger partial charge in [0.05, 0.1) is 0 Å². The molecule has 0 saturated carbocycles. The predicted octanol–water partition coefficient (Wildman–Crippen LogP) is 2.26. The summed E-state index contributed by atoms with van der Waals surface area (Å²) < 4.78 is 43.0. The van der Waals surface area contributed by atoms with Crippen molar-refractivity contribution in [3.63, 3.8) is 0 Å². The number of carbonyl (C=O) groups is 1. The van der Waals surface area contributed by atoms with Gasteiger partial charge in [-0.3, -0.25) is 4.79 Å². The number of carbonyl (C=O) groups excluding carboxylic acids is 1. The Morgan fingerprint density at radius 2 is 2.10 bits per heavy atom. The third-order valence-corrected chi connectivity index (χ3v) is 2.25. The highest BCUT2D eigenvalue weighted by molar-refractivity contribution is 6.29. The fourth-order valence-electron chi connectivity index (χ4n) is 1.33. The average molecular weight is 307 g/mol. The van der Waals surface area contributed by atoms with Gasteiger partial charge in [-0.1, -0.05) is 11.6 Å². The Kier molecular flexibility index (Phi) is 3.62. The molecule has 0 atom stereocenters. The molecule has 0 N–H and O–H groups in total. The second-order valence-electron chi connectivity index (χ2n) is 3.59. The van der Waals surface area contributed by atoms with Gasteiger partial charge in [0.2, 0.25) is 5.82 Å². The lowest BCUT2D eigenvalue weighted by Crippen LogP contribution is -2.11. The summed E-state index contributed by atoms with van der Waals surface area (Å²) in [5, 5.41) is 10.3. The predicted molar refractivity (Wildman–Crippen MR) is 60.5 cm³/mol. The molecule has 20 heavy (non-hydrogen) atoms. The molecule has 0 fully saturated rings. The second-order valence-corrected chi connectivity index (χ2v) is 3.98. The quantitative estimate of drug-likeness (QED) is 0.796. The Morgan fingerprint density at radius 1 is 1.40 bits per heavy atom. The lowest BCUT2D eigenvalue weighted by molar-refractivity contribution is -0.141. The van der Waals surface area contributed by atoms with Crippen LogP contribution in [0.15, 0.2) is 18.3 Å². The zero-order chi connectivity index (χ0) is 14.9. The van der Waals surface area contributed by atoms with Crippen LogP contribution in [0.25, 0.3) is 5.82 Å². The van der Waals surface area contributed by atoms with E-state index in [-0.39, 0.29) is 16.7 Å².